The number of carbonyl (C=O) groups is 1. The first-order valence-electron chi connectivity index (χ1n) is 7.34. The lowest BCUT2D eigenvalue weighted by Gasteiger charge is -2.10. The number of hydrogen-bond acceptors (Lipinski definition) is 4. The average molecular weight is 314 g/mol. The molecule has 0 aliphatic carbocycles. The van der Waals surface area contributed by atoms with Crippen LogP contribution in [0.1, 0.15) is 20.3 Å². The largest absolute Gasteiger partial charge is 0.353 e. The van der Waals surface area contributed by atoms with E-state index < -0.39 is 0 Å². The molecule has 0 fully saturated rings. The van der Waals surface area contributed by atoms with Gasteiger partial charge in [0.15, 0.2) is 10.8 Å². The van der Waals surface area contributed by atoms with E-state index >= 15 is 0 Å². The van der Waals surface area contributed by atoms with Crippen molar-refractivity contribution in [3.63, 3.8) is 0 Å². The Hall–Kier alpha value is -2.08. The Balaban J connectivity index is 1.85. The molecule has 0 spiro atoms. The molecule has 1 aromatic carbocycles. The number of para-hydroxylation sites is 1. The number of fused-ring (bicyclic) bond motifs is 3. The standard InChI is InChI=1S/C16H18N4OS/c1-3-11(2)17-15(21)10-22-16-19-18-14-9-8-12-6-4-5-7-13(12)20(14)16/h4-9,11H,3,10H2,1-2H3,(H,17,21)/t11-/m0/s1. The summed E-state index contributed by atoms with van der Waals surface area (Å²) in [5, 5.41) is 13.2. The molecule has 3 rings (SSSR count). The van der Waals surface area contributed by atoms with Gasteiger partial charge in [-0.2, -0.15) is 0 Å². The van der Waals surface area contributed by atoms with Crippen molar-refractivity contribution < 1.29 is 4.79 Å². The van der Waals surface area contributed by atoms with Crippen LogP contribution in [0.4, 0.5) is 0 Å². The summed E-state index contributed by atoms with van der Waals surface area (Å²) in [6, 6.07) is 12.3. The number of thioether (sulfide) groups is 1. The molecule has 1 amide bonds. The monoisotopic (exact) mass is 314 g/mol. The molecule has 2 aromatic heterocycles. The maximum absolute atomic E-state index is 11.9. The Morgan fingerprint density at radius 2 is 2.09 bits per heavy atom. The summed E-state index contributed by atoms with van der Waals surface area (Å²) in [5.41, 5.74) is 1.85. The van der Waals surface area contributed by atoms with Gasteiger partial charge in [0.25, 0.3) is 0 Å². The van der Waals surface area contributed by atoms with Gasteiger partial charge in [-0.05, 0) is 36.9 Å². The smallest absolute Gasteiger partial charge is 0.230 e. The summed E-state index contributed by atoms with van der Waals surface area (Å²) in [6.45, 7) is 4.05. The van der Waals surface area contributed by atoms with E-state index in [1.54, 1.807) is 0 Å². The van der Waals surface area contributed by atoms with Crippen molar-refractivity contribution in [2.75, 3.05) is 5.75 Å². The fourth-order valence-electron chi connectivity index (χ4n) is 2.25. The predicted octanol–water partition coefficient (Wildman–Crippen LogP) is 2.89. The van der Waals surface area contributed by atoms with E-state index in [1.165, 1.54) is 11.8 Å². The van der Waals surface area contributed by atoms with Crippen molar-refractivity contribution in [1.29, 1.82) is 0 Å². The van der Waals surface area contributed by atoms with E-state index in [9.17, 15) is 4.79 Å². The minimum absolute atomic E-state index is 0.0244. The zero-order valence-electron chi connectivity index (χ0n) is 12.6. The summed E-state index contributed by atoms with van der Waals surface area (Å²) in [6.07, 6.45) is 0.926. The lowest BCUT2D eigenvalue weighted by Crippen LogP contribution is -2.33. The van der Waals surface area contributed by atoms with E-state index in [0.29, 0.717) is 5.75 Å². The Kier molecular flexibility index (Phi) is 4.29. The molecule has 0 radical (unpaired) electrons. The van der Waals surface area contributed by atoms with E-state index in [1.807, 2.05) is 41.7 Å². The van der Waals surface area contributed by atoms with Crippen molar-refractivity contribution in [2.24, 2.45) is 0 Å². The number of nitrogens with one attached hydrogen (secondary N) is 1. The maximum atomic E-state index is 11.9. The molecule has 114 valence electrons. The van der Waals surface area contributed by atoms with Crippen molar-refractivity contribution in [1.82, 2.24) is 19.9 Å². The molecule has 22 heavy (non-hydrogen) atoms. The van der Waals surface area contributed by atoms with Crippen LogP contribution in [-0.4, -0.2) is 32.3 Å². The second kappa shape index (κ2) is 6.36. The van der Waals surface area contributed by atoms with Gasteiger partial charge in [0, 0.05) is 6.04 Å². The number of hydrogen-bond donors (Lipinski definition) is 1. The van der Waals surface area contributed by atoms with E-state index in [0.717, 1.165) is 28.1 Å². The highest BCUT2D eigenvalue weighted by Crippen LogP contribution is 2.22. The quantitative estimate of drug-likeness (QED) is 0.736. The van der Waals surface area contributed by atoms with E-state index in [-0.39, 0.29) is 11.9 Å². The molecular formula is C16H18N4OS. The number of nitrogens with zero attached hydrogens (tertiary/aromatic N) is 3. The first-order chi connectivity index (χ1) is 10.7. The molecule has 5 nitrogen and oxygen atoms in total. The third-order valence-corrected chi connectivity index (χ3v) is 4.53. The predicted molar refractivity (Wildman–Crippen MR) is 89.1 cm³/mol. The van der Waals surface area contributed by atoms with Crippen LogP contribution in [-0.2, 0) is 4.79 Å². The third-order valence-electron chi connectivity index (χ3n) is 3.60. The molecule has 0 saturated carbocycles. The first-order valence-corrected chi connectivity index (χ1v) is 8.32. The third kappa shape index (κ3) is 2.92. The maximum Gasteiger partial charge on any atom is 0.230 e. The molecule has 1 N–H and O–H groups in total. The van der Waals surface area contributed by atoms with Gasteiger partial charge in [-0.15, -0.1) is 10.2 Å². The molecule has 1 atom stereocenters. The Morgan fingerprint density at radius 1 is 1.27 bits per heavy atom. The minimum Gasteiger partial charge on any atom is -0.353 e. The second-order valence-electron chi connectivity index (χ2n) is 5.23. The van der Waals surface area contributed by atoms with Crippen LogP contribution in [0.25, 0.3) is 16.6 Å². The lowest BCUT2D eigenvalue weighted by molar-refractivity contribution is -0.119. The van der Waals surface area contributed by atoms with Crippen molar-refractivity contribution in [3.05, 3.63) is 36.4 Å². The highest BCUT2D eigenvalue weighted by molar-refractivity contribution is 7.99. The SMILES string of the molecule is CC[C@H](C)NC(=O)CSc1nnc2ccc3ccccc3n12. The molecule has 0 aliphatic rings. The van der Waals surface area contributed by atoms with Gasteiger partial charge in [-0.25, -0.2) is 0 Å². The number of carbonyl (C=O) groups excluding carboxylic acids is 1. The van der Waals surface area contributed by atoms with Crippen LogP contribution in [0.2, 0.25) is 0 Å². The molecule has 6 heteroatoms. The fourth-order valence-corrected chi connectivity index (χ4v) is 3.02. The normalized spacial score (nSPS) is 12.6. The van der Waals surface area contributed by atoms with Crippen LogP contribution in [0, 0.1) is 0 Å². The molecular weight excluding hydrogens is 296 g/mol. The topological polar surface area (TPSA) is 59.3 Å². The minimum atomic E-state index is 0.0244. The van der Waals surface area contributed by atoms with Gasteiger partial charge in [-0.3, -0.25) is 9.20 Å². The van der Waals surface area contributed by atoms with E-state index in [4.69, 9.17) is 0 Å². The zero-order valence-corrected chi connectivity index (χ0v) is 13.4. The molecule has 2 heterocycles. The molecule has 0 saturated heterocycles. The van der Waals surface area contributed by atoms with Gasteiger partial charge < -0.3 is 5.32 Å². The highest BCUT2D eigenvalue weighted by Gasteiger charge is 2.12. The Morgan fingerprint density at radius 3 is 2.91 bits per heavy atom. The lowest BCUT2D eigenvalue weighted by atomic mass is 10.2. The van der Waals surface area contributed by atoms with Gasteiger partial charge in [0.1, 0.15) is 0 Å². The number of pyridine rings is 1. The first kappa shape index (κ1) is 14.8. The van der Waals surface area contributed by atoms with Gasteiger partial charge in [0.2, 0.25) is 5.91 Å². The van der Waals surface area contributed by atoms with Crippen molar-refractivity contribution >= 4 is 34.2 Å². The average Bonchev–Trinajstić information content (AvgIpc) is 2.96. The molecule has 0 unspecified atom stereocenters. The van der Waals surface area contributed by atoms with Crippen molar-refractivity contribution in [2.45, 2.75) is 31.5 Å². The number of aromatic nitrogens is 3. The van der Waals surface area contributed by atoms with E-state index in [2.05, 4.69) is 28.5 Å². The van der Waals surface area contributed by atoms with Gasteiger partial charge in [-0.1, -0.05) is 36.9 Å². The zero-order chi connectivity index (χ0) is 15.5. The summed E-state index contributed by atoms with van der Waals surface area (Å²) < 4.78 is 2.00. The van der Waals surface area contributed by atoms with Crippen LogP contribution in [0.5, 0.6) is 0 Å². The summed E-state index contributed by atoms with van der Waals surface area (Å²) in [7, 11) is 0. The summed E-state index contributed by atoms with van der Waals surface area (Å²) in [5.74, 6) is 0.366. The fraction of sp³-hybridized carbons (Fsp3) is 0.312. The van der Waals surface area contributed by atoms with Crippen LogP contribution in [0.3, 0.4) is 0 Å². The highest BCUT2D eigenvalue weighted by atomic mass is 32.2. The van der Waals surface area contributed by atoms with Gasteiger partial charge in [0.05, 0.1) is 11.3 Å². The van der Waals surface area contributed by atoms with Crippen LogP contribution in [0.15, 0.2) is 41.6 Å². The Labute approximate surface area is 133 Å². The second-order valence-corrected chi connectivity index (χ2v) is 6.18. The van der Waals surface area contributed by atoms with Gasteiger partial charge >= 0.3 is 0 Å². The van der Waals surface area contributed by atoms with Crippen molar-refractivity contribution in [3.8, 4) is 0 Å². The Bertz CT molecular complexity index is 814. The molecule has 0 bridgehead atoms. The van der Waals surface area contributed by atoms with Crippen LogP contribution < -0.4 is 5.32 Å². The molecule has 3 aromatic rings. The molecule has 0 aliphatic heterocycles. The summed E-state index contributed by atoms with van der Waals surface area (Å²) >= 11 is 1.41. The number of benzene rings is 1. The summed E-state index contributed by atoms with van der Waals surface area (Å²) in [4.78, 5) is 11.9. The number of amides is 1. The number of rotatable bonds is 5. The van der Waals surface area contributed by atoms with Crippen LogP contribution >= 0.6 is 11.8 Å².